The highest BCUT2D eigenvalue weighted by atomic mass is 32.2. The molecule has 0 aliphatic rings. The molecule has 0 unspecified atom stereocenters. The van der Waals surface area contributed by atoms with Gasteiger partial charge in [0.1, 0.15) is 5.75 Å². The lowest BCUT2D eigenvalue weighted by Crippen LogP contribution is -2.23. The molecule has 7 nitrogen and oxygen atoms in total. The average molecular weight is 369 g/mol. The first-order valence-electron chi connectivity index (χ1n) is 8.04. The summed E-state index contributed by atoms with van der Waals surface area (Å²) >= 11 is 1.29. The number of anilines is 1. The average Bonchev–Trinajstić information content (AvgIpc) is 3.10. The lowest BCUT2D eigenvalue weighted by Gasteiger charge is -2.14. The predicted octanol–water partition coefficient (Wildman–Crippen LogP) is 3.10. The Kier molecular flexibility index (Phi) is 5.52. The van der Waals surface area contributed by atoms with E-state index in [2.05, 4.69) is 20.8 Å². The van der Waals surface area contributed by atoms with Gasteiger partial charge in [0.2, 0.25) is 11.1 Å². The summed E-state index contributed by atoms with van der Waals surface area (Å²) in [7, 11) is 1.58. The van der Waals surface area contributed by atoms with Crippen LogP contribution in [0.25, 0.3) is 5.69 Å². The van der Waals surface area contributed by atoms with Crippen molar-refractivity contribution in [3.05, 3.63) is 54.1 Å². The number of nitrogens with one attached hydrogen (secondary N) is 1. The van der Waals surface area contributed by atoms with Crippen molar-refractivity contribution in [2.75, 3.05) is 12.4 Å². The minimum atomic E-state index is -0.395. The van der Waals surface area contributed by atoms with Crippen molar-refractivity contribution in [3.8, 4) is 11.4 Å². The summed E-state index contributed by atoms with van der Waals surface area (Å²) in [6, 6.07) is 15.2. The van der Waals surface area contributed by atoms with Crippen LogP contribution >= 0.6 is 11.8 Å². The molecule has 0 bridgehead atoms. The molecule has 1 heterocycles. The first-order chi connectivity index (χ1) is 12.6. The van der Waals surface area contributed by atoms with Crippen LogP contribution in [0.5, 0.6) is 5.75 Å². The Hall–Kier alpha value is -2.87. The van der Waals surface area contributed by atoms with Crippen molar-refractivity contribution in [1.29, 1.82) is 0 Å². The third-order valence-electron chi connectivity index (χ3n) is 3.71. The molecule has 0 fully saturated rings. The summed E-state index contributed by atoms with van der Waals surface area (Å²) in [6.07, 6.45) is 0. The number of aromatic nitrogens is 4. The summed E-state index contributed by atoms with van der Waals surface area (Å²) in [4.78, 5) is 12.6. The third kappa shape index (κ3) is 4.02. The molecule has 1 aromatic heterocycles. The molecule has 1 amide bonds. The van der Waals surface area contributed by atoms with Crippen molar-refractivity contribution in [2.24, 2.45) is 0 Å². The zero-order valence-electron chi connectivity index (χ0n) is 14.7. The maximum absolute atomic E-state index is 12.6. The van der Waals surface area contributed by atoms with E-state index >= 15 is 0 Å². The lowest BCUT2D eigenvalue weighted by atomic mass is 10.2. The number of rotatable bonds is 6. The Morgan fingerprint density at radius 3 is 2.73 bits per heavy atom. The minimum absolute atomic E-state index is 0.151. The van der Waals surface area contributed by atoms with E-state index < -0.39 is 5.25 Å². The van der Waals surface area contributed by atoms with Crippen molar-refractivity contribution >= 4 is 23.4 Å². The standard InChI is InChI=1S/C18H19N5O2S/c1-12-9-10-16(25-3)15(11-12)19-17(24)13(2)26-18-20-21-22-23(18)14-7-5-4-6-8-14/h4-11,13H,1-3H3,(H,19,24)/t13-/m1/s1. The SMILES string of the molecule is COc1ccc(C)cc1NC(=O)[C@@H](C)Sc1nnnn1-c1ccccc1. The monoisotopic (exact) mass is 369 g/mol. The second-order valence-corrected chi connectivity index (χ2v) is 6.97. The van der Waals surface area contributed by atoms with Gasteiger partial charge in [0.25, 0.3) is 0 Å². The number of thioether (sulfide) groups is 1. The van der Waals surface area contributed by atoms with Crippen LogP contribution in [0.3, 0.4) is 0 Å². The number of tetrazole rings is 1. The van der Waals surface area contributed by atoms with Gasteiger partial charge >= 0.3 is 0 Å². The number of hydrogen-bond acceptors (Lipinski definition) is 6. The summed E-state index contributed by atoms with van der Waals surface area (Å²) in [6.45, 7) is 3.77. The first kappa shape index (κ1) is 17.9. The summed E-state index contributed by atoms with van der Waals surface area (Å²) in [5.74, 6) is 0.469. The minimum Gasteiger partial charge on any atom is -0.495 e. The highest BCUT2D eigenvalue weighted by Crippen LogP contribution is 2.28. The van der Waals surface area contributed by atoms with Gasteiger partial charge in [0, 0.05) is 0 Å². The maximum Gasteiger partial charge on any atom is 0.237 e. The van der Waals surface area contributed by atoms with Gasteiger partial charge in [0.05, 0.1) is 23.7 Å². The molecular formula is C18H19N5O2S. The van der Waals surface area contributed by atoms with Crippen LogP contribution in [0, 0.1) is 6.92 Å². The zero-order chi connectivity index (χ0) is 18.5. The predicted molar refractivity (Wildman–Crippen MR) is 101 cm³/mol. The van der Waals surface area contributed by atoms with E-state index in [1.807, 2.05) is 62.4 Å². The Labute approximate surface area is 155 Å². The number of aryl methyl sites for hydroxylation is 1. The molecule has 3 rings (SSSR count). The highest BCUT2D eigenvalue weighted by Gasteiger charge is 2.20. The van der Waals surface area contributed by atoms with E-state index in [1.54, 1.807) is 11.8 Å². The number of carbonyl (C=O) groups excluding carboxylic acids is 1. The molecule has 0 aliphatic carbocycles. The number of carbonyl (C=O) groups is 1. The fraction of sp³-hybridized carbons (Fsp3) is 0.222. The highest BCUT2D eigenvalue weighted by molar-refractivity contribution is 8.00. The quantitative estimate of drug-likeness (QED) is 0.673. The number of ether oxygens (including phenoxy) is 1. The molecule has 0 saturated carbocycles. The number of methoxy groups -OCH3 is 1. The molecule has 1 atom stereocenters. The summed E-state index contributed by atoms with van der Waals surface area (Å²) in [5, 5.41) is 14.8. The molecule has 0 spiro atoms. The number of amides is 1. The van der Waals surface area contributed by atoms with E-state index in [4.69, 9.17) is 4.74 Å². The fourth-order valence-corrected chi connectivity index (χ4v) is 3.16. The van der Waals surface area contributed by atoms with E-state index in [0.29, 0.717) is 16.6 Å². The molecule has 0 radical (unpaired) electrons. The van der Waals surface area contributed by atoms with Gasteiger partial charge in [-0.05, 0) is 54.1 Å². The van der Waals surface area contributed by atoms with Gasteiger partial charge < -0.3 is 10.1 Å². The van der Waals surface area contributed by atoms with Gasteiger partial charge in [-0.15, -0.1) is 5.10 Å². The second-order valence-electron chi connectivity index (χ2n) is 5.66. The van der Waals surface area contributed by atoms with E-state index in [0.717, 1.165) is 11.3 Å². The summed E-state index contributed by atoms with van der Waals surface area (Å²) < 4.78 is 6.92. The van der Waals surface area contributed by atoms with Crippen LogP contribution in [0.1, 0.15) is 12.5 Å². The zero-order valence-corrected chi connectivity index (χ0v) is 15.5. The van der Waals surface area contributed by atoms with Crippen LogP contribution in [0.2, 0.25) is 0 Å². The van der Waals surface area contributed by atoms with E-state index in [1.165, 1.54) is 11.8 Å². The Balaban J connectivity index is 1.73. The number of benzene rings is 2. The Morgan fingerprint density at radius 1 is 1.23 bits per heavy atom. The molecule has 1 N–H and O–H groups in total. The van der Waals surface area contributed by atoms with Gasteiger partial charge in [-0.1, -0.05) is 36.0 Å². The first-order valence-corrected chi connectivity index (χ1v) is 8.92. The van der Waals surface area contributed by atoms with Crippen LogP contribution < -0.4 is 10.1 Å². The number of nitrogens with zero attached hydrogens (tertiary/aromatic N) is 4. The molecular weight excluding hydrogens is 350 g/mol. The van der Waals surface area contributed by atoms with Crippen LogP contribution in [0.15, 0.2) is 53.7 Å². The van der Waals surface area contributed by atoms with Gasteiger partial charge in [0.15, 0.2) is 0 Å². The summed E-state index contributed by atoms with van der Waals surface area (Å²) in [5.41, 5.74) is 2.52. The van der Waals surface area contributed by atoms with Crippen LogP contribution in [-0.4, -0.2) is 38.5 Å². The number of hydrogen-bond donors (Lipinski definition) is 1. The normalized spacial score (nSPS) is 11.8. The molecule has 2 aromatic carbocycles. The Bertz CT molecular complexity index is 898. The Morgan fingerprint density at radius 2 is 2.00 bits per heavy atom. The largest absolute Gasteiger partial charge is 0.495 e. The smallest absolute Gasteiger partial charge is 0.237 e. The maximum atomic E-state index is 12.6. The van der Waals surface area contributed by atoms with Crippen molar-refractivity contribution in [3.63, 3.8) is 0 Å². The van der Waals surface area contributed by atoms with Crippen LogP contribution in [0.4, 0.5) is 5.69 Å². The molecule has 134 valence electrons. The molecule has 8 heteroatoms. The van der Waals surface area contributed by atoms with E-state index in [9.17, 15) is 4.79 Å². The van der Waals surface area contributed by atoms with Gasteiger partial charge in [-0.25, -0.2) is 0 Å². The van der Waals surface area contributed by atoms with E-state index in [-0.39, 0.29) is 5.91 Å². The molecule has 0 aliphatic heterocycles. The second kappa shape index (κ2) is 8.01. The van der Waals surface area contributed by atoms with Gasteiger partial charge in [-0.2, -0.15) is 4.68 Å². The molecule has 0 saturated heterocycles. The van der Waals surface area contributed by atoms with Crippen molar-refractivity contribution in [2.45, 2.75) is 24.3 Å². The third-order valence-corrected chi connectivity index (χ3v) is 4.74. The number of para-hydroxylation sites is 1. The van der Waals surface area contributed by atoms with Crippen LogP contribution in [-0.2, 0) is 4.79 Å². The fourth-order valence-electron chi connectivity index (χ4n) is 2.35. The molecule has 26 heavy (non-hydrogen) atoms. The lowest BCUT2D eigenvalue weighted by molar-refractivity contribution is -0.115. The van der Waals surface area contributed by atoms with Crippen molar-refractivity contribution in [1.82, 2.24) is 20.2 Å². The topological polar surface area (TPSA) is 81.9 Å². The molecule has 3 aromatic rings. The van der Waals surface area contributed by atoms with Crippen molar-refractivity contribution < 1.29 is 9.53 Å². The van der Waals surface area contributed by atoms with Gasteiger partial charge in [-0.3, -0.25) is 4.79 Å².